The van der Waals surface area contributed by atoms with Gasteiger partial charge in [0.15, 0.2) is 11.5 Å². The van der Waals surface area contributed by atoms with Crippen LogP contribution in [0.25, 0.3) is 0 Å². The third-order valence-electron chi connectivity index (χ3n) is 8.53. The second-order valence-electron chi connectivity index (χ2n) is 14.1. The van der Waals surface area contributed by atoms with Crippen LogP contribution in [0.1, 0.15) is 24.2 Å². The van der Waals surface area contributed by atoms with Gasteiger partial charge in [0.25, 0.3) is 5.85 Å². The summed E-state index contributed by atoms with van der Waals surface area (Å²) in [5, 5.41) is 0. The van der Waals surface area contributed by atoms with E-state index in [1.807, 2.05) is 0 Å². The van der Waals surface area contributed by atoms with Crippen molar-refractivity contribution in [2.75, 3.05) is 87.9 Å². The predicted molar refractivity (Wildman–Crippen MR) is 184 cm³/mol. The Kier molecular flexibility index (Phi) is 22.0. The molecule has 0 N–H and O–H groups in total. The summed E-state index contributed by atoms with van der Waals surface area (Å²) in [6.07, 6.45) is -45.9. The molecular weight excluding hydrogens is 1100 g/mol. The molecule has 0 aliphatic carbocycles. The van der Waals surface area contributed by atoms with E-state index in [9.17, 15) is 110 Å². The van der Waals surface area contributed by atoms with Gasteiger partial charge in [0, 0.05) is 28.3 Å². The Morgan fingerprint density at radius 1 is 0.425 bits per heavy atom. The number of alkyl halides is 24. The van der Waals surface area contributed by atoms with Gasteiger partial charge in [-0.05, 0) is 19.1 Å². The molecule has 0 saturated carbocycles. The Labute approximate surface area is 393 Å². The number of hydrogen-bond donors (Lipinski definition) is 0. The molecule has 430 valence electrons. The summed E-state index contributed by atoms with van der Waals surface area (Å²) in [5.41, 5.74) is -0.741. The molecule has 1 aromatic carbocycles. The highest BCUT2D eigenvalue weighted by atomic mass is 19.4. The molecule has 0 amide bonds. The Hall–Kier alpha value is -3.95. The normalized spacial score (nSPS) is 18.6. The lowest BCUT2D eigenvalue weighted by molar-refractivity contribution is -0.503. The highest BCUT2D eigenvalue weighted by Crippen LogP contribution is 2.52. The predicted octanol–water partition coefficient (Wildman–Crippen LogP) is 9.71. The molecule has 0 aromatic heterocycles. The first kappa shape index (κ1) is 67.1. The van der Waals surface area contributed by atoms with Crippen molar-refractivity contribution in [3.8, 4) is 17.2 Å². The van der Waals surface area contributed by atoms with Crippen molar-refractivity contribution in [2.24, 2.45) is 0 Å². The van der Waals surface area contributed by atoms with Crippen LogP contribution >= 0.6 is 0 Å². The maximum Gasteiger partial charge on any atom is 0.457 e. The van der Waals surface area contributed by atoms with Gasteiger partial charge in [-0.25, -0.2) is 13.6 Å². The van der Waals surface area contributed by atoms with E-state index in [1.165, 1.54) is 0 Å². The Morgan fingerprint density at radius 2 is 0.767 bits per heavy atom. The van der Waals surface area contributed by atoms with Gasteiger partial charge < -0.3 is 47.4 Å². The van der Waals surface area contributed by atoms with E-state index < -0.39 is 181 Å². The Bertz CT molecular complexity index is 1920. The molecule has 14 nitrogen and oxygen atoms in total. The molecule has 1 aromatic rings. The standard InChI is InChI=1S/C35H38F24O14/c1-23(36,71-33(54,55)24(2,37)62-4)15-65-7-10-68-19-13-18(22(60)61-3)14-20(69-11-8-66-16-25(38,29(42,43)44)72-34(56,57)27(40,63-5)31(48,49)50)21(19)70-12-9-67-17-26(39,30(45,46)47)73-35(58,59)28(41,64-6)32(51,52)53/h13-14H,7-12,15-17H2,1-6H3. The minimum absolute atomic E-state index is 0.152. The molecule has 0 aliphatic rings. The highest BCUT2D eigenvalue weighted by molar-refractivity contribution is 5.91. The number of esters is 1. The molecule has 38 heteroatoms. The van der Waals surface area contributed by atoms with Gasteiger partial charge in [0.1, 0.15) is 39.6 Å². The van der Waals surface area contributed by atoms with E-state index in [2.05, 4.69) is 42.6 Å². The first-order valence-electron chi connectivity index (χ1n) is 18.8. The quantitative estimate of drug-likeness (QED) is 0.0396. The number of carbonyl (C=O) groups is 1. The second kappa shape index (κ2) is 23.9. The number of hydrogen-bond acceptors (Lipinski definition) is 14. The number of carbonyl (C=O) groups excluding carboxylic acids is 1. The number of methoxy groups -OCH3 is 4. The number of rotatable bonds is 31. The fourth-order valence-electron chi connectivity index (χ4n) is 4.64. The third kappa shape index (κ3) is 16.3. The minimum atomic E-state index is -6.88. The first-order chi connectivity index (χ1) is 32.7. The van der Waals surface area contributed by atoms with Crippen LogP contribution in [-0.2, 0) is 47.4 Å². The largest absolute Gasteiger partial charge is 0.487 e. The summed E-state index contributed by atoms with van der Waals surface area (Å²) in [6.45, 7) is -14.4. The van der Waals surface area contributed by atoms with Crippen molar-refractivity contribution in [3.05, 3.63) is 17.7 Å². The van der Waals surface area contributed by atoms with Crippen molar-refractivity contribution in [2.45, 2.75) is 92.0 Å². The average molecular weight is 1140 g/mol. The summed E-state index contributed by atoms with van der Waals surface area (Å²) >= 11 is 0. The first-order valence-corrected chi connectivity index (χ1v) is 18.8. The number of halogens is 24. The second-order valence-corrected chi connectivity index (χ2v) is 14.1. The molecule has 0 aliphatic heterocycles. The molecule has 0 saturated heterocycles. The topological polar surface area (TPSA) is 137 Å². The van der Waals surface area contributed by atoms with Crippen LogP contribution in [0, 0.1) is 0 Å². The van der Waals surface area contributed by atoms with E-state index >= 15 is 0 Å². The van der Waals surface area contributed by atoms with E-state index in [0.29, 0.717) is 33.3 Å². The molecule has 6 atom stereocenters. The molecule has 0 radical (unpaired) electrons. The monoisotopic (exact) mass is 1140 g/mol. The Balaban J connectivity index is 3.57. The maximum atomic E-state index is 14.9. The fraction of sp³-hybridized carbons (Fsp3) is 0.800. The SMILES string of the molecule is COC(=O)c1cc(OCCOCC(C)(F)OC(F)(F)C(C)(F)OC)c(OCCOCC(F)(OC(F)(F)C(F)(OC)C(F)(F)F)C(F)(F)F)c(OCCOCC(F)(OC(F)(F)C(F)(OC)C(F)(F)F)C(F)(F)F)c1. The smallest absolute Gasteiger partial charge is 0.457 e. The molecule has 0 heterocycles. The summed E-state index contributed by atoms with van der Waals surface area (Å²) in [4.78, 5) is 12.5. The van der Waals surface area contributed by atoms with Crippen LogP contribution in [0.5, 0.6) is 17.2 Å². The van der Waals surface area contributed by atoms with E-state index in [1.54, 1.807) is 0 Å². The molecule has 1 rings (SSSR count). The van der Waals surface area contributed by atoms with Crippen LogP contribution in [-0.4, -0.2) is 172 Å². The third-order valence-corrected chi connectivity index (χ3v) is 8.53. The zero-order chi connectivity index (χ0) is 57.4. The van der Waals surface area contributed by atoms with E-state index in [0.717, 1.165) is 0 Å². The molecule has 0 bridgehead atoms. The van der Waals surface area contributed by atoms with Crippen LogP contribution < -0.4 is 14.2 Å². The molecule has 6 unspecified atom stereocenters. The highest BCUT2D eigenvalue weighted by Gasteiger charge is 2.79. The van der Waals surface area contributed by atoms with Gasteiger partial charge >= 0.3 is 72.4 Å². The van der Waals surface area contributed by atoms with Gasteiger partial charge in [0.2, 0.25) is 11.6 Å². The van der Waals surface area contributed by atoms with Gasteiger partial charge in [0.05, 0.1) is 32.5 Å². The number of benzene rings is 1. The average Bonchev–Trinajstić information content (AvgIpc) is 3.22. The van der Waals surface area contributed by atoms with Crippen molar-refractivity contribution in [1.29, 1.82) is 0 Å². The zero-order valence-electron chi connectivity index (χ0n) is 37.3. The van der Waals surface area contributed by atoms with E-state index in [-0.39, 0.29) is 6.92 Å². The van der Waals surface area contributed by atoms with Crippen LogP contribution in [0.2, 0.25) is 0 Å². The summed E-state index contributed by atoms with van der Waals surface area (Å²) < 4.78 is 382. The van der Waals surface area contributed by atoms with Gasteiger partial charge in [-0.2, -0.15) is 96.6 Å². The molecular formula is C35H38F24O14. The zero-order valence-corrected chi connectivity index (χ0v) is 37.3. The van der Waals surface area contributed by atoms with Gasteiger partial charge in [-0.3, -0.25) is 14.2 Å². The van der Waals surface area contributed by atoms with Crippen molar-refractivity contribution in [3.63, 3.8) is 0 Å². The molecule has 73 heavy (non-hydrogen) atoms. The maximum absolute atomic E-state index is 14.9. The van der Waals surface area contributed by atoms with E-state index in [4.69, 9.17) is 18.9 Å². The van der Waals surface area contributed by atoms with Gasteiger partial charge in [-0.15, -0.1) is 0 Å². The minimum Gasteiger partial charge on any atom is -0.487 e. The molecule has 0 fully saturated rings. The van der Waals surface area contributed by atoms with Crippen LogP contribution in [0.15, 0.2) is 12.1 Å². The van der Waals surface area contributed by atoms with Crippen LogP contribution in [0.3, 0.4) is 0 Å². The van der Waals surface area contributed by atoms with Crippen molar-refractivity contribution < 1.29 is 172 Å². The van der Waals surface area contributed by atoms with Gasteiger partial charge in [-0.1, -0.05) is 0 Å². The summed E-state index contributed by atoms with van der Waals surface area (Å²) in [6, 6.07) is 1.11. The lowest BCUT2D eigenvalue weighted by Crippen LogP contribution is -2.63. The Morgan fingerprint density at radius 3 is 1.07 bits per heavy atom. The number of ether oxygens (including phenoxy) is 13. The van der Waals surface area contributed by atoms with Crippen LogP contribution in [0.4, 0.5) is 105 Å². The lowest BCUT2D eigenvalue weighted by Gasteiger charge is -2.37. The van der Waals surface area contributed by atoms with Crippen molar-refractivity contribution in [1.82, 2.24) is 0 Å². The summed E-state index contributed by atoms with van der Waals surface area (Å²) in [7, 11) is 0.347. The molecule has 0 spiro atoms. The van der Waals surface area contributed by atoms with Crippen molar-refractivity contribution >= 4 is 5.97 Å². The lowest BCUT2D eigenvalue weighted by atomic mass is 10.2. The fourth-order valence-corrected chi connectivity index (χ4v) is 4.64. The summed E-state index contributed by atoms with van der Waals surface area (Å²) in [5.74, 6) is -36.7.